The molecule has 1 heterocycles. The Morgan fingerprint density at radius 2 is 1.70 bits per heavy atom. The van der Waals surface area contributed by atoms with Gasteiger partial charge in [0.15, 0.2) is 0 Å². The van der Waals surface area contributed by atoms with Gasteiger partial charge in [-0.05, 0) is 62.5 Å². The Kier molecular flexibility index (Phi) is 6.69. The SMILES string of the molecule is COC(=O)C=Cc1cc(OCCc2ccccc2)ccc1B1OC(C)(C)C(C)(C)O1. The smallest absolute Gasteiger partial charge is 0.493 e. The molecule has 1 fully saturated rings. The molecule has 0 spiro atoms. The monoisotopic (exact) mass is 408 g/mol. The Morgan fingerprint density at radius 1 is 1.03 bits per heavy atom. The highest BCUT2D eigenvalue weighted by Crippen LogP contribution is 2.37. The third kappa shape index (κ3) is 5.13. The molecule has 1 aliphatic heterocycles. The predicted octanol–water partition coefficient (Wildman–Crippen LogP) is 3.79. The minimum Gasteiger partial charge on any atom is -0.493 e. The van der Waals surface area contributed by atoms with Gasteiger partial charge in [0, 0.05) is 12.5 Å². The highest BCUT2D eigenvalue weighted by atomic mass is 16.7. The van der Waals surface area contributed by atoms with E-state index < -0.39 is 24.3 Å². The van der Waals surface area contributed by atoms with E-state index in [4.69, 9.17) is 18.8 Å². The molecule has 6 heteroatoms. The third-order valence-electron chi connectivity index (χ3n) is 5.67. The van der Waals surface area contributed by atoms with Crippen molar-refractivity contribution in [1.29, 1.82) is 0 Å². The number of carbonyl (C=O) groups excluding carboxylic acids is 1. The summed E-state index contributed by atoms with van der Waals surface area (Å²) in [6.07, 6.45) is 3.90. The summed E-state index contributed by atoms with van der Waals surface area (Å²) in [6, 6.07) is 15.9. The minimum absolute atomic E-state index is 0.426. The maximum Gasteiger partial charge on any atom is 0.495 e. The van der Waals surface area contributed by atoms with E-state index in [-0.39, 0.29) is 0 Å². The molecule has 0 aliphatic carbocycles. The van der Waals surface area contributed by atoms with Gasteiger partial charge in [0.1, 0.15) is 5.75 Å². The standard InChI is InChI=1S/C24H29BO5/c1-23(2)24(3,4)30-25(29-23)21-13-12-20(17-19(21)11-14-22(26)27-5)28-16-15-18-9-7-6-8-10-18/h6-14,17H,15-16H2,1-5H3. The Labute approximate surface area is 179 Å². The lowest BCUT2D eigenvalue weighted by Gasteiger charge is -2.32. The lowest BCUT2D eigenvalue weighted by Crippen LogP contribution is -2.41. The normalized spacial score (nSPS) is 17.3. The topological polar surface area (TPSA) is 54.0 Å². The molecule has 0 radical (unpaired) electrons. The zero-order valence-corrected chi connectivity index (χ0v) is 18.3. The molecule has 3 rings (SSSR count). The first-order chi connectivity index (χ1) is 14.2. The number of rotatable bonds is 7. The van der Waals surface area contributed by atoms with Gasteiger partial charge in [0.25, 0.3) is 0 Å². The van der Waals surface area contributed by atoms with Crippen LogP contribution in [-0.2, 0) is 25.3 Å². The quantitative estimate of drug-likeness (QED) is 0.396. The van der Waals surface area contributed by atoms with Crippen LogP contribution in [0.2, 0.25) is 0 Å². The van der Waals surface area contributed by atoms with Crippen molar-refractivity contribution in [2.75, 3.05) is 13.7 Å². The summed E-state index contributed by atoms with van der Waals surface area (Å²) in [5.74, 6) is 0.293. The molecule has 0 atom stereocenters. The lowest BCUT2D eigenvalue weighted by atomic mass is 9.75. The van der Waals surface area contributed by atoms with Gasteiger partial charge in [-0.25, -0.2) is 4.79 Å². The highest BCUT2D eigenvalue weighted by Gasteiger charge is 2.52. The average molecular weight is 408 g/mol. The van der Waals surface area contributed by atoms with E-state index in [0.717, 1.165) is 23.2 Å². The van der Waals surface area contributed by atoms with E-state index >= 15 is 0 Å². The number of hydrogen-bond donors (Lipinski definition) is 0. The molecule has 0 N–H and O–H groups in total. The molecular formula is C24H29BO5. The van der Waals surface area contributed by atoms with Gasteiger partial charge in [-0.3, -0.25) is 0 Å². The molecule has 2 aromatic rings. The number of hydrogen-bond acceptors (Lipinski definition) is 5. The summed E-state index contributed by atoms with van der Waals surface area (Å²) < 4.78 is 23.1. The van der Waals surface area contributed by atoms with Gasteiger partial charge in [0.05, 0.1) is 24.9 Å². The van der Waals surface area contributed by atoms with Crippen molar-refractivity contribution in [3.63, 3.8) is 0 Å². The summed E-state index contributed by atoms with van der Waals surface area (Å²) >= 11 is 0. The molecule has 0 bridgehead atoms. The number of ether oxygens (including phenoxy) is 2. The largest absolute Gasteiger partial charge is 0.495 e. The Hall–Kier alpha value is -2.57. The number of benzene rings is 2. The second-order valence-electron chi connectivity index (χ2n) is 8.32. The maximum atomic E-state index is 11.6. The van der Waals surface area contributed by atoms with Crippen LogP contribution in [0.3, 0.4) is 0 Å². The van der Waals surface area contributed by atoms with E-state index in [1.165, 1.54) is 18.7 Å². The Balaban J connectivity index is 1.80. The number of methoxy groups -OCH3 is 1. The van der Waals surface area contributed by atoms with Crippen molar-refractivity contribution >= 4 is 24.6 Å². The van der Waals surface area contributed by atoms with Crippen LogP contribution in [0, 0.1) is 0 Å². The minimum atomic E-state index is -0.536. The molecule has 0 aromatic heterocycles. The van der Waals surface area contributed by atoms with Gasteiger partial charge >= 0.3 is 13.1 Å². The molecule has 158 valence electrons. The highest BCUT2D eigenvalue weighted by molar-refractivity contribution is 6.63. The van der Waals surface area contributed by atoms with Gasteiger partial charge in [-0.1, -0.05) is 36.4 Å². The number of esters is 1. The van der Waals surface area contributed by atoms with Crippen LogP contribution >= 0.6 is 0 Å². The first-order valence-electron chi connectivity index (χ1n) is 10.1. The van der Waals surface area contributed by atoms with Crippen LogP contribution in [0.25, 0.3) is 6.08 Å². The molecule has 5 nitrogen and oxygen atoms in total. The van der Waals surface area contributed by atoms with Gasteiger partial charge in [-0.15, -0.1) is 0 Å². The fraction of sp³-hybridized carbons (Fsp3) is 0.375. The van der Waals surface area contributed by atoms with Crippen LogP contribution in [0.1, 0.15) is 38.8 Å². The van der Waals surface area contributed by atoms with E-state index in [9.17, 15) is 4.79 Å². The van der Waals surface area contributed by atoms with E-state index in [0.29, 0.717) is 6.61 Å². The Morgan fingerprint density at radius 3 is 2.33 bits per heavy atom. The second kappa shape index (κ2) is 9.06. The molecule has 30 heavy (non-hydrogen) atoms. The molecular weight excluding hydrogens is 379 g/mol. The lowest BCUT2D eigenvalue weighted by molar-refractivity contribution is -0.134. The first-order valence-corrected chi connectivity index (χ1v) is 10.1. The Bertz CT molecular complexity index is 889. The van der Waals surface area contributed by atoms with Crippen LogP contribution in [0.5, 0.6) is 5.75 Å². The van der Waals surface area contributed by atoms with Crippen molar-refractivity contribution in [3.05, 3.63) is 65.7 Å². The second-order valence-corrected chi connectivity index (χ2v) is 8.32. The summed E-state index contributed by atoms with van der Waals surface area (Å²) in [4.78, 5) is 11.6. The number of carbonyl (C=O) groups is 1. The average Bonchev–Trinajstić information content (AvgIpc) is 2.94. The zero-order valence-electron chi connectivity index (χ0n) is 18.3. The van der Waals surface area contributed by atoms with Crippen molar-refractivity contribution < 1.29 is 23.6 Å². The van der Waals surface area contributed by atoms with Gasteiger partial charge in [-0.2, -0.15) is 0 Å². The fourth-order valence-electron chi connectivity index (χ4n) is 3.13. The van der Waals surface area contributed by atoms with E-state index in [1.54, 1.807) is 6.08 Å². The zero-order chi connectivity index (χ0) is 21.8. The van der Waals surface area contributed by atoms with Gasteiger partial charge in [0.2, 0.25) is 0 Å². The van der Waals surface area contributed by atoms with E-state index in [1.807, 2.05) is 64.1 Å². The molecule has 0 unspecified atom stereocenters. The molecule has 1 saturated heterocycles. The van der Waals surface area contributed by atoms with E-state index in [2.05, 4.69) is 12.1 Å². The van der Waals surface area contributed by atoms with Crippen LogP contribution in [-0.4, -0.2) is 38.0 Å². The van der Waals surface area contributed by atoms with Crippen molar-refractivity contribution in [2.45, 2.75) is 45.3 Å². The van der Waals surface area contributed by atoms with Crippen molar-refractivity contribution in [3.8, 4) is 5.75 Å². The summed E-state index contributed by atoms with van der Waals surface area (Å²) in [6.45, 7) is 8.60. The van der Waals surface area contributed by atoms with Crippen molar-refractivity contribution in [1.82, 2.24) is 0 Å². The molecule has 0 saturated carbocycles. The van der Waals surface area contributed by atoms with Gasteiger partial charge < -0.3 is 18.8 Å². The molecule has 2 aromatic carbocycles. The summed E-state index contributed by atoms with van der Waals surface area (Å²) in [5.41, 5.74) is 1.94. The van der Waals surface area contributed by atoms with Crippen LogP contribution in [0.4, 0.5) is 0 Å². The van der Waals surface area contributed by atoms with Crippen molar-refractivity contribution in [2.24, 2.45) is 0 Å². The first kappa shape index (κ1) is 22.1. The summed E-state index contributed by atoms with van der Waals surface area (Å²) in [5, 5.41) is 0. The molecule has 1 aliphatic rings. The van der Waals surface area contributed by atoms with Crippen LogP contribution in [0.15, 0.2) is 54.6 Å². The predicted molar refractivity (Wildman–Crippen MR) is 119 cm³/mol. The third-order valence-corrected chi connectivity index (χ3v) is 5.67. The molecule has 0 amide bonds. The fourth-order valence-corrected chi connectivity index (χ4v) is 3.13. The maximum absolute atomic E-state index is 11.6. The van der Waals surface area contributed by atoms with Crippen LogP contribution < -0.4 is 10.2 Å². The summed E-state index contributed by atoms with van der Waals surface area (Å²) in [7, 11) is 0.816.